The molecule has 2 aromatic carbocycles. The van der Waals surface area contributed by atoms with E-state index in [0.717, 1.165) is 24.2 Å². The number of aryl methyl sites for hydroxylation is 2. The number of anilines is 3. The van der Waals surface area contributed by atoms with Crippen LogP contribution >= 0.6 is 0 Å². The first kappa shape index (κ1) is 21.9. The molecule has 2 atom stereocenters. The van der Waals surface area contributed by atoms with Crippen LogP contribution in [0.2, 0.25) is 0 Å². The summed E-state index contributed by atoms with van der Waals surface area (Å²) in [5, 5.41) is 3.35. The topological polar surface area (TPSA) is 103 Å². The maximum absolute atomic E-state index is 14.6. The van der Waals surface area contributed by atoms with Gasteiger partial charge in [0, 0.05) is 31.4 Å². The van der Waals surface area contributed by atoms with Crippen molar-refractivity contribution in [3.05, 3.63) is 60.6 Å². The molecule has 3 aromatic heterocycles. The molecular formula is C26H23FN8O2. The Kier molecular flexibility index (Phi) is 4.93. The van der Waals surface area contributed by atoms with E-state index in [9.17, 15) is 4.39 Å². The van der Waals surface area contributed by atoms with Gasteiger partial charge in [0.25, 0.3) is 0 Å². The summed E-state index contributed by atoms with van der Waals surface area (Å²) in [6.07, 6.45) is 6.06. The zero-order valence-corrected chi connectivity index (χ0v) is 20.2. The Morgan fingerprint density at radius 1 is 1.11 bits per heavy atom. The third-order valence-electron chi connectivity index (χ3n) is 6.93. The molecule has 11 heteroatoms. The minimum Gasteiger partial charge on any atom is -0.457 e. The summed E-state index contributed by atoms with van der Waals surface area (Å²) in [5.74, 6) is 1.88. The maximum atomic E-state index is 14.6. The lowest BCUT2D eigenvalue weighted by molar-refractivity contribution is 0.0986. The molecule has 0 saturated carbocycles. The summed E-state index contributed by atoms with van der Waals surface area (Å²) in [5.41, 5.74) is 3.97. The molecule has 2 saturated heterocycles. The second kappa shape index (κ2) is 8.34. The van der Waals surface area contributed by atoms with Gasteiger partial charge in [-0.05, 0) is 37.1 Å². The van der Waals surface area contributed by atoms with E-state index in [-0.39, 0.29) is 11.9 Å². The third-order valence-corrected chi connectivity index (χ3v) is 6.93. The highest BCUT2D eigenvalue weighted by atomic mass is 19.1. The molecule has 0 spiro atoms. The zero-order valence-electron chi connectivity index (χ0n) is 20.2. The minimum absolute atomic E-state index is 0.250. The minimum atomic E-state index is -0.380. The quantitative estimate of drug-likeness (QED) is 0.381. The first-order valence-corrected chi connectivity index (χ1v) is 12.0. The molecule has 0 radical (unpaired) electrons. The molecule has 0 amide bonds. The smallest absolute Gasteiger partial charge is 0.226 e. The predicted octanol–water partition coefficient (Wildman–Crippen LogP) is 4.27. The molecule has 2 fully saturated rings. The molecule has 5 aromatic rings. The van der Waals surface area contributed by atoms with Gasteiger partial charge in [0.2, 0.25) is 5.95 Å². The van der Waals surface area contributed by atoms with Crippen molar-refractivity contribution in [2.75, 3.05) is 23.4 Å². The fourth-order valence-corrected chi connectivity index (χ4v) is 5.10. The number of fused-ring (bicyclic) bond motifs is 4. The number of nitrogens with zero attached hydrogens (tertiary/aromatic N) is 7. The molecule has 2 aliphatic heterocycles. The molecule has 0 aliphatic carbocycles. The van der Waals surface area contributed by atoms with Gasteiger partial charge in [-0.2, -0.15) is 0 Å². The van der Waals surface area contributed by atoms with Crippen molar-refractivity contribution in [3.8, 4) is 11.5 Å². The average molecular weight is 499 g/mol. The number of imidazole rings is 1. The van der Waals surface area contributed by atoms with Crippen molar-refractivity contribution in [2.45, 2.75) is 25.5 Å². The fourth-order valence-electron chi connectivity index (χ4n) is 5.10. The summed E-state index contributed by atoms with van der Waals surface area (Å²) in [7, 11) is 1.76. The number of nitrogens with one attached hydrogen (secondary N) is 1. The van der Waals surface area contributed by atoms with Crippen LogP contribution in [0.5, 0.6) is 11.5 Å². The molecule has 7 rings (SSSR count). The second-order valence-corrected chi connectivity index (χ2v) is 9.46. The van der Waals surface area contributed by atoms with Crippen LogP contribution in [0, 0.1) is 12.7 Å². The monoisotopic (exact) mass is 498 g/mol. The van der Waals surface area contributed by atoms with Crippen LogP contribution in [-0.2, 0) is 11.8 Å². The average Bonchev–Trinajstić information content (AvgIpc) is 3.62. The maximum Gasteiger partial charge on any atom is 0.226 e. The second-order valence-electron chi connectivity index (χ2n) is 9.46. The highest BCUT2D eigenvalue weighted by Crippen LogP contribution is 2.33. The van der Waals surface area contributed by atoms with Crippen molar-refractivity contribution in [1.29, 1.82) is 0 Å². The number of benzene rings is 2. The van der Waals surface area contributed by atoms with Gasteiger partial charge in [-0.15, -0.1) is 0 Å². The van der Waals surface area contributed by atoms with E-state index in [1.165, 1.54) is 12.4 Å². The van der Waals surface area contributed by atoms with Gasteiger partial charge in [-0.1, -0.05) is 0 Å². The van der Waals surface area contributed by atoms with Gasteiger partial charge in [0.1, 0.15) is 34.4 Å². The number of ether oxygens (including phenoxy) is 2. The van der Waals surface area contributed by atoms with Crippen LogP contribution < -0.4 is 15.0 Å². The number of hydrogen-bond acceptors (Lipinski definition) is 9. The van der Waals surface area contributed by atoms with E-state index in [1.54, 1.807) is 30.2 Å². The number of morpholine rings is 1. The molecular weight excluding hydrogens is 475 g/mol. The summed E-state index contributed by atoms with van der Waals surface area (Å²) >= 11 is 0. The first-order chi connectivity index (χ1) is 18.0. The Labute approximate surface area is 211 Å². The number of rotatable bonds is 5. The highest BCUT2D eigenvalue weighted by molar-refractivity contribution is 5.87. The molecule has 5 heterocycles. The van der Waals surface area contributed by atoms with Gasteiger partial charge in [0.15, 0.2) is 11.6 Å². The Balaban J connectivity index is 1.15. The van der Waals surface area contributed by atoms with Crippen LogP contribution in [0.1, 0.15) is 12.0 Å². The lowest BCUT2D eigenvalue weighted by Crippen LogP contribution is -2.38. The van der Waals surface area contributed by atoms with Crippen LogP contribution in [0.15, 0.2) is 49.2 Å². The Morgan fingerprint density at radius 3 is 2.84 bits per heavy atom. The van der Waals surface area contributed by atoms with Gasteiger partial charge >= 0.3 is 0 Å². The van der Waals surface area contributed by atoms with E-state index >= 15 is 0 Å². The van der Waals surface area contributed by atoms with Crippen molar-refractivity contribution in [2.24, 2.45) is 7.05 Å². The van der Waals surface area contributed by atoms with E-state index < -0.39 is 0 Å². The number of aromatic nitrogens is 6. The summed E-state index contributed by atoms with van der Waals surface area (Å²) in [6.45, 7) is 3.43. The zero-order chi connectivity index (χ0) is 25.1. The predicted molar refractivity (Wildman–Crippen MR) is 136 cm³/mol. The SMILES string of the molecule is Cc1cc(Nc2ncnc3cnc(N4C[C@H]5C[C@@H]4CO5)nc23)ccc1Oc1cc(F)c2c(c1)ncn2C. The van der Waals surface area contributed by atoms with E-state index in [1.807, 2.05) is 25.1 Å². The van der Waals surface area contributed by atoms with E-state index in [2.05, 4.69) is 30.2 Å². The number of hydrogen-bond donors (Lipinski definition) is 1. The van der Waals surface area contributed by atoms with Gasteiger partial charge in [-0.25, -0.2) is 29.3 Å². The molecule has 0 unspecified atom stereocenters. The largest absolute Gasteiger partial charge is 0.457 e. The molecule has 2 bridgehead atoms. The molecule has 37 heavy (non-hydrogen) atoms. The highest BCUT2D eigenvalue weighted by Gasteiger charge is 2.40. The number of halogens is 1. The van der Waals surface area contributed by atoms with Crippen LogP contribution in [0.25, 0.3) is 22.1 Å². The fraction of sp³-hybridized carbons (Fsp3) is 0.269. The normalized spacial score (nSPS) is 18.7. The van der Waals surface area contributed by atoms with Gasteiger partial charge in [0.05, 0.1) is 36.8 Å². The summed E-state index contributed by atoms with van der Waals surface area (Å²) in [6, 6.07) is 9.07. The molecule has 10 nitrogen and oxygen atoms in total. The van der Waals surface area contributed by atoms with Crippen LogP contribution in [0.4, 0.5) is 21.8 Å². The summed E-state index contributed by atoms with van der Waals surface area (Å²) in [4.78, 5) is 24.6. The van der Waals surface area contributed by atoms with Crippen LogP contribution in [-0.4, -0.2) is 54.8 Å². The third kappa shape index (κ3) is 3.78. The first-order valence-electron chi connectivity index (χ1n) is 12.0. The van der Waals surface area contributed by atoms with Crippen molar-refractivity contribution in [3.63, 3.8) is 0 Å². The van der Waals surface area contributed by atoms with Gasteiger partial charge < -0.3 is 24.3 Å². The molecule has 1 N–H and O–H groups in total. The van der Waals surface area contributed by atoms with Gasteiger partial charge in [-0.3, -0.25) is 0 Å². The standard InChI is InChI=1S/C26H23FN8O2/c1-14-5-15(3-4-22(14)37-17-7-19(27)24-20(8-17)31-13-34(24)2)32-25-23-21(29-12-30-25)9-28-26(33-23)35-10-18-6-16(35)11-36-18/h3-5,7-9,12-13,16,18H,6,10-11H2,1-2H3,(H,29,30,32)/t16-,18-/m1/s1. The lowest BCUT2D eigenvalue weighted by Gasteiger charge is -2.26. The Bertz CT molecular complexity index is 1670. The molecule has 186 valence electrons. The Hall–Kier alpha value is -4.38. The summed E-state index contributed by atoms with van der Waals surface area (Å²) < 4.78 is 27.9. The lowest BCUT2D eigenvalue weighted by atomic mass is 10.2. The molecule has 2 aliphatic rings. The van der Waals surface area contributed by atoms with E-state index in [0.29, 0.717) is 58.0 Å². The van der Waals surface area contributed by atoms with Crippen molar-refractivity contribution in [1.82, 2.24) is 29.5 Å². The van der Waals surface area contributed by atoms with Crippen molar-refractivity contribution < 1.29 is 13.9 Å². The Morgan fingerprint density at radius 2 is 2.03 bits per heavy atom. The van der Waals surface area contributed by atoms with Crippen molar-refractivity contribution >= 4 is 39.5 Å². The van der Waals surface area contributed by atoms with Crippen LogP contribution in [0.3, 0.4) is 0 Å². The van der Waals surface area contributed by atoms with E-state index in [4.69, 9.17) is 14.5 Å².